The number of para-hydroxylation sites is 2. The third-order valence-electron chi connectivity index (χ3n) is 6.65. The molecule has 0 unspecified atom stereocenters. The topological polar surface area (TPSA) is 165 Å². The van der Waals surface area contributed by atoms with E-state index in [1.807, 2.05) is 77.9 Å². The molecule has 14 heteroatoms. The predicted molar refractivity (Wildman–Crippen MR) is 193 cm³/mol. The molecule has 2 heterocycles. The number of hydrazine groups is 1. The molecular weight excluding hydrogens is 661 g/mol. The summed E-state index contributed by atoms with van der Waals surface area (Å²) in [5.41, 5.74) is 11.1. The van der Waals surface area contributed by atoms with E-state index in [1.165, 1.54) is 17.4 Å². The zero-order chi connectivity index (χ0) is 35.4. The maximum atomic E-state index is 12.7. The lowest BCUT2D eigenvalue weighted by molar-refractivity contribution is 0.101. The van der Waals surface area contributed by atoms with E-state index < -0.39 is 0 Å². The van der Waals surface area contributed by atoms with Crippen molar-refractivity contribution in [1.82, 2.24) is 19.9 Å². The number of hydrogen-bond donors (Lipinski definition) is 4. The van der Waals surface area contributed by atoms with Crippen LogP contribution in [0.4, 0.5) is 17.2 Å². The van der Waals surface area contributed by atoms with Crippen LogP contribution in [0, 0.1) is 33.6 Å². The maximum Gasteiger partial charge on any atom is 0.261 e. The number of amides is 2. The summed E-state index contributed by atoms with van der Waals surface area (Å²) in [7, 11) is 0. The van der Waals surface area contributed by atoms with Crippen molar-refractivity contribution in [2.24, 2.45) is 17.5 Å². The Bertz CT molecular complexity index is 1640. The molecule has 6 N–H and O–H groups in total. The maximum absolute atomic E-state index is 12.7. The number of nitrogens with zero attached hydrogens (tertiary/aromatic N) is 5. The lowest BCUT2D eigenvalue weighted by Gasteiger charge is -2.24. The summed E-state index contributed by atoms with van der Waals surface area (Å²) in [5.74, 6) is 6.27. The monoisotopic (exact) mass is 701 g/mol. The number of nitrogens with one attached hydrogen (secondary N) is 2. The van der Waals surface area contributed by atoms with E-state index in [1.54, 1.807) is 0 Å². The number of benzene rings is 2. The molecule has 0 saturated heterocycles. The number of carbonyl (C=O) groups excluding carboxylic acids is 2. The molecule has 0 radical (unpaired) electrons. The lowest BCUT2D eigenvalue weighted by atomic mass is 10.1. The second-order valence-corrected chi connectivity index (χ2v) is 12.3. The van der Waals surface area contributed by atoms with E-state index in [0.717, 1.165) is 40.2 Å². The van der Waals surface area contributed by atoms with Crippen LogP contribution in [-0.2, 0) is 0 Å². The van der Waals surface area contributed by atoms with Gasteiger partial charge < -0.3 is 16.4 Å². The number of rotatable bonds is 7. The zero-order valence-electron chi connectivity index (χ0n) is 27.8. The van der Waals surface area contributed by atoms with Crippen LogP contribution < -0.4 is 27.2 Å². The highest BCUT2D eigenvalue weighted by Gasteiger charge is 2.21. The Morgan fingerprint density at radius 2 is 1.13 bits per heavy atom. The number of aryl methyl sites for hydroxylation is 4. The van der Waals surface area contributed by atoms with E-state index in [-0.39, 0.29) is 44.7 Å². The van der Waals surface area contributed by atoms with Crippen molar-refractivity contribution in [3.05, 3.63) is 97.9 Å². The van der Waals surface area contributed by atoms with Gasteiger partial charge >= 0.3 is 0 Å². The first-order chi connectivity index (χ1) is 22.1. The van der Waals surface area contributed by atoms with Crippen molar-refractivity contribution in [3.63, 3.8) is 0 Å². The molecule has 0 atom stereocenters. The van der Waals surface area contributed by atoms with Gasteiger partial charge in [-0.1, -0.05) is 61.8 Å². The first kappa shape index (κ1) is 39.3. The fourth-order valence-electron chi connectivity index (χ4n) is 3.83. The van der Waals surface area contributed by atoms with Gasteiger partial charge in [-0.15, -0.1) is 0 Å². The molecule has 4 aromatic rings. The zero-order valence-corrected chi connectivity index (χ0v) is 30.1. The SMILES string of the molecule is CC(C)CN.Cc1cccc(C)c1NC(=O)c1cnc(Cl)nc1Cl.Cc1cccc(C)c1NC(=O)c1cnc(Cl)nc1N(N)C(C)C. The van der Waals surface area contributed by atoms with Crippen LogP contribution in [0.2, 0.25) is 15.7 Å². The van der Waals surface area contributed by atoms with Crippen LogP contribution in [0.1, 0.15) is 70.7 Å². The summed E-state index contributed by atoms with van der Waals surface area (Å²) in [4.78, 5) is 40.3. The number of nitrogens with two attached hydrogens (primary N) is 2. The summed E-state index contributed by atoms with van der Waals surface area (Å²) < 4.78 is 0. The Labute approximate surface area is 291 Å². The quantitative estimate of drug-likeness (QED) is 0.0667. The van der Waals surface area contributed by atoms with Crippen molar-refractivity contribution >= 4 is 63.8 Å². The number of carbonyl (C=O) groups is 2. The number of hydrogen-bond acceptors (Lipinski definition) is 9. The fraction of sp³-hybridized carbons (Fsp3) is 0.333. The standard InChI is InChI=1S/C16H20ClN5O.C13H11Cl2N3O.C4H11N/c1-9(2)22(18)14-12(8-19-16(17)21-14)15(23)20-13-10(3)6-5-7-11(13)4;1-7-4-3-5-8(2)10(7)17-12(19)9-6-16-13(15)18-11(9)14;1-4(2)3-5/h5-9H,18H2,1-4H3,(H,20,23);3-6H,1-2H3,(H,17,19);4H,3,5H2,1-2H3. The van der Waals surface area contributed by atoms with Crippen LogP contribution in [0.3, 0.4) is 0 Å². The Hall–Kier alpha value is -3.87. The molecular formula is C33H42Cl3N9O2. The Kier molecular flexibility index (Phi) is 15.4. The third kappa shape index (κ3) is 11.7. The van der Waals surface area contributed by atoms with Crippen LogP contribution in [0.15, 0.2) is 48.8 Å². The van der Waals surface area contributed by atoms with Crippen LogP contribution in [0.5, 0.6) is 0 Å². The number of aromatic nitrogens is 4. The van der Waals surface area contributed by atoms with Crippen molar-refractivity contribution in [1.29, 1.82) is 0 Å². The van der Waals surface area contributed by atoms with E-state index in [2.05, 4.69) is 44.4 Å². The third-order valence-corrected chi connectivity index (χ3v) is 7.31. The minimum atomic E-state index is -0.362. The highest BCUT2D eigenvalue weighted by atomic mass is 35.5. The summed E-state index contributed by atoms with van der Waals surface area (Å²) in [6, 6.07) is 11.5. The van der Waals surface area contributed by atoms with E-state index in [0.29, 0.717) is 11.7 Å². The normalized spacial score (nSPS) is 10.4. The Balaban J connectivity index is 0.000000290. The van der Waals surface area contributed by atoms with Gasteiger partial charge in [-0.2, -0.15) is 4.98 Å². The molecule has 0 saturated carbocycles. The van der Waals surface area contributed by atoms with Gasteiger partial charge in [-0.3, -0.25) is 14.6 Å². The summed E-state index contributed by atoms with van der Waals surface area (Å²) in [5, 5.41) is 7.19. The number of anilines is 3. The van der Waals surface area contributed by atoms with E-state index >= 15 is 0 Å². The lowest BCUT2D eigenvalue weighted by Crippen LogP contribution is -2.39. The molecule has 0 spiro atoms. The number of halogens is 3. The van der Waals surface area contributed by atoms with Gasteiger partial charge in [0.1, 0.15) is 10.7 Å². The molecule has 2 aromatic heterocycles. The smallest absolute Gasteiger partial charge is 0.261 e. The fourth-order valence-corrected chi connectivity index (χ4v) is 4.35. The van der Waals surface area contributed by atoms with Crippen molar-refractivity contribution in [2.45, 2.75) is 61.4 Å². The first-order valence-electron chi connectivity index (χ1n) is 14.8. The van der Waals surface area contributed by atoms with Gasteiger partial charge in [0.05, 0.1) is 5.56 Å². The van der Waals surface area contributed by atoms with Gasteiger partial charge in [0.2, 0.25) is 10.6 Å². The van der Waals surface area contributed by atoms with Crippen molar-refractivity contribution < 1.29 is 9.59 Å². The van der Waals surface area contributed by atoms with Gasteiger partial charge in [-0.05, 0) is 99.5 Å². The molecule has 2 amide bonds. The van der Waals surface area contributed by atoms with E-state index in [9.17, 15) is 9.59 Å². The molecule has 47 heavy (non-hydrogen) atoms. The minimum Gasteiger partial charge on any atom is -0.330 e. The molecule has 0 bridgehead atoms. The molecule has 0 aliphatic rings. The molecule has 0 aliphatic carbocycles. The highest BCUT2D eigenvalue weighted by molar-refractivity contribution is 6.34. The molecule has 0 fully saturated rings. The van der Waals surface area contributed by atoms with Crippen molar-refractivity contribution in [2.75, 3.05) is 22.2 Å². The molecule has 0 aliphatic heterocycles. The Morgan fingerprint density at radius 1 is 0.745 bits per heavy atom. The second-order valence-electron chi connectivity index (χ2n) is 11.3. The van der Waals surface area contributed by atoms with E-state index in [4.69, 9.17) is 46.4 Å². The summed E-state index contributed by atoms with van der Waals surface area (Å²) in [6.07, 6.45) is 2.69. The van der Waals surface area contributed by atoms with Gasteiger partial charge in [0.25, 0.3) is 11.8 Å². The average Bonchev–Trinajstić information content (AvgIpc) is 3.01. The molecule has 11 nitrogen and oxygen atoms in total. The molecule has 4 rings (SSSR count). The predicted octanol–water partition coefficient (Wildman–Crippen LogP) is 7.34. The van der Waals surface area contributed by atoms with Gasteiger partial charge in [-0.25, -0.2) is 20.8 Å². The molecule has 252 valence electrons. The van der Waals surface area contributed by atoms with Crippen LogP contribution >= 0.6 is 34.8 Å². The summed E-state index contributed by atoms with van der Waals surface area (Å²) >= 11 is 17.3. The minimum absolute atomic E-state index is 0.00798. The van der Waals surface area contributed by atoms with Crippen LogP contribution in [-0.4, -0.2) is 44.3 Å². The molecule has 2 aromatic carbocycles. The van der Waals surface area contributed by atoms with Crippen molar-refractivity contribution in [3.8, 4) is 0 Å². The largest absolute Gasteiger partial charge is 0.330 e. The second kappa shape index (κ2) is 18.5. The summed E-state index contributed by atoms with van der Waals surface area (Å²) in [6.45, 7) is 16.5. The first-order valence-corrected chi connectivity index (χ1v) is 15.9. The van der Waals surface area contributed by atoms with Gasteiger partial charge in [0, 0.05) is 29.8 Å². The van der Waals surface area contributed by atoms with Crippen LogP contribution in [0.25, 0.3) is 0 Å². The average molecular weight is 703 g/mol. The highest BCUT2D eigenvalue weighted by Crippen LogP contribution is 2.24. The van der Waals surface area contributed by atoms with Gasteiger partial charge in [0.15, 0.2) is 5.82 Å². The Morgan fingerprint density at radius 3 is 1.51 bits per heavy atom.